The van der Waals surface area contributed by atoms with Crippen LogP contribution in [-0.4, -0.2) is 47.8 Å². The lowest BCUT2D eigenvalue weighted by Crippen LogP contribution is -2.65. The van der Waals surface area contributed by atoms with E-state index in [9.17, 15) is 9.90 Å². The molecular weight excluding hydrogens is 206 g/mol. The number of nitrogens with zero attached hydrogens (tertiary/aromatic N) is 1. The fourth-order valence-corrected chi connectivity index (χ4v) is 1.97. The van der Waals surface area contributed by atoms with Gasteiger partial charge in [-0.05, 0) is 12.8 Å². The van der Waals surface area contributed by atoms with Gasteiger partial charge in [0.1, 0.15) is 0 Å². The largest absolute Gasteiger partial charge is 0.466 e. The van der Waals surface area contributed by atoms with E-state index in [1.807, 2.05) is 27.7 Å². The van der Waals surface area contributed by atoms with Crippen LogP contribution in [0.2, 0.25) is 0 Å². The molecule has 1 rings (SSSR count). The van der Waals surface area contributed by atoms with Gasteiger partial charge in [0.25, 0.3) is 0 Å². The molecule has 0 radical (unpaired) electrons. The summed E-state index contributed by atoms with van der Waals surface area (Å²) in [5.74, 6) is 0.000739. The molecule has 1 atom stereocenters. The molecule has 94 valence electrons. The summed E-state index contributed by atoms with van der Waals surface area (Å²) in [5, 5.41) is 10.1. The molecular formula is C12H23NO3. The normalized spacial score (nSPS) is 21.6. The molecule has 4 nitrogen and oxygen atoms in total. The van der Waals surface area contributed by atoms with Gasteiger partial charge in [-0.15, -0.1) is 0 Å². The number of rotatable bonds is 5. The maximum absolute atomic E-state index is 11.4. The number of hydrogen-bond donors (Lipinski definition) is 1. The molecule has 1 saturated heterocycles. The van der Waals surface area contributed by atoms with E-state index in [0.29, 0.717) is 26.2 Å². The summed E-state index contributed by atoms with van der Waals surface area (Å²) >= 11 is 0. The SMILES string of the molecule is CCOC(=O)C(C)CN1CC(O)(C(C)C)C1. The summed E-state index contributed by atoms with van der Waals surface area (Å²) in [5.41, 5.74) is -0.561. The number of carbonyl (C=O) groups excluding carboxylic acids is 1. The first-order valence-electron chi connectivity index (χ1n) is 6.00. The van der Waals surface area contributed by atoms with Crippen LogP contribution in [0.3, 0.4) is 0 Å². The van der Waals surface area contributed by atoms with Gasteiger partial charge in [0.15, 0.2) is 0 Å². The zero-order valence-corrected chi connectivity index (χ0v) is 10.7. The molecule has 0 saturated carbocycles. The average molecular weight is 229 g/mol. The molecule has 1 unspecified atom stereocenters. The second kappa shape index (κ2) is 5.15. The molecule has 0 amide bonds. The minimum atomic E-state index is -0.561. The molecule has 0 aromatic heterocycles. The third-order valence-corrected chi connectivity index (χ3v) is 3.29. The molecule has 0 aromatic carbocycles. The van der Waals surface area contributed by atoms with Gasteiger partial charge in [-0.3, -0.25) is 9.69 Å². The lowest BCUT2D eigenvalue weighted by atomic mass is 9.82. The number of esters is 1. The Hall–Kier alpha value is -0.610. The maximum atomic E-state index is 11.4. The van der Waals surface area contributed by atoms with Crippen molar-refractivity contribution in [2.75, 3.05) is 26.2 Å². The molecule has 1 aliphatic rings. The molecule has 0 aromatic rings. The standard InChI is InChI=1S/C12H23NO3/c1-5-16-11(14)10(4)6-13-7-12(15,8-13)9(2)3/h9-10,15H,5-8H2,1-4H3. The molecule has 16 heavy (non-hydrogen) atoms. The smallest absolute Gasteiger partial charge is 0.309 e. The predicted molar refractivity (Wildman–Crippen MR) is 62.0 cm³/mol. The number of aliphatic hydroxyl groups is 1. The lowest BCUT2D eigenvalue weighted by Gasteiger charge is -2.49. The Bertz CT molecular complexity index is 247. The Morgan fingerprint density at radius 2 is 2.00 bits per heavy atom. The highest BCUT2D eigenvalue weighted by molar-refractivity contribution is 5.72. The topological polar surface area (TPSA) is 49.8 Å². The third-order valence-electron chi connectivity index (χ3n) is 3.29. The van der Waals surface area contributed by atoms with Crippen LogP contribution in [0.5, 0.6) is 0 Å². The Kier molecular flexibility index (Phi) is 4.33. The van der Waals surface area contributed by atoms with Crippen LogP contribution < -0.4 is 0 Å². The fraction of sp³-hybridized carbons (Fsp3) is 0.917. The third kappa shape index (κ3) is 2.95. The van der Waals surface area contributed by atoms with E-state index < -0.39 is 5.60 Å². The van der Waals surface area contributed by atoms with E-state index >= 15 is 0 Å². The van der Waals surface area contributed by atoms with Crippen molar-refractivity contribution in [1.82, 2.24) is 4.90 Å². The van der Waals surface area contributed by atoms with E-state index in [1.54, 1.807) is 0 Å². The first-order chi connectivity index (χ1) is 7.39. The number of ether oxygens (including phenoxy) is 1. The Morgan fingerprint density at radius 3 is 2.44 bits per heavy atom. The Labute approximate surface area is 97.6 Å². The van der Waals surface area contributed by atoms with Gasteiger partial charge in [-0.25, -0.2) is 0 Å². The molecule has 1 heterocycles. The highest BCUT2D eigenvalue weighted by atomic mass is 16.5. The van der Waals surface area contributed by atoms with Crippen LogP contribution in [-0.2, 0) is 9.53 Å². The van der Waals surface area contributed by atoms with E-state index in [1.165, 1.54) is 0 Å². The van der Waals surface area contributed by atoms with E-state index in [4.69, 9.17) is 4.74 Å². The van der Waals surface area contributed by atoms with Crippen LogP contribution in [0.25, 0.3) is 0 Å². The van der Waals surface area contributed by atoms with Crippen LogP contribution in [0.1, 0.15) is 27.7 Å². The number of carbonyl (C=O) groups is 1. The monoisotopic (exact) mass is 229 g/mol. The van der Waals surface area contributed by atoms with Crippen molar-refractivity contribution in [1.29, 1.82) is 0 Å². The Balaban J connectivity index is 2.29. The van der Waals surface area contributed by atoms with Gasteiger partial charge in [0.2, 0.25) is 0 Å². The maximum Gasteiger partial charge on any atom is 0.309 e. The first kappa shape index (κ1) is 13.5. The van der Waals surface area contributed by atoms with Gasteiger partial charge in [0.05, 0.1) is 18.1 Å². The second-order valence-electron chi connectivity index (χ2n) is 5.08. The van der Waals surface area contributed by atoms with Crippen molar-refractivity contribution < 1.29 is 14.6 Å². The molecule has 4 heteroatoms. The minimum Gasteiger partial charge on any atom is -0.466 e. The molecule has 0 bridgehead atoms. The van der Waals surface area contributed by atoms with Gasteiger partial charge in [-0.2, -0.15) is 0 Å². The number of β-amino-alcohol motifs (C(OH)–C–C–N with tert-alkyl or cyclic N) is 1. The second-order valence-corrected chi connectivity index (χ2v) is 5.08. The Morgan fingerprint density at radius 1 is 1.44 bits per heavy atom. The van der Waals surface area contributed by atoms with Gasteiger partial charge >= 0.3 is 5.97 Å². The quantitative estimate of drug-likeness (QED) is 0.711. The zero-order chi connectivity index (χ0) is 12.3. The number of hydrogen-bond acceptors (Lipinski definition) is 4. The van der Waals surface area contributed by atoms with Crippen LogP contribution >= 0.6 is 0 Å². The average Bonchev–Trinajstić information content (AvgIpc) is 2.15. The van der Waals surface area contributed by atoms with Gasteiger partial charge in [0, 0.05) is 19.6 Å². The van der Waals surface area contributed by atoms with E-state index in [0.717, 1.165) is 0 Å². The van der Waals surface area contributed by atoms with Crippen LogP contribution in [0, 0.1) is 11.8 Å². The van der Waals surface area contributed by atoms with Crippen LogP contribution in [0.4, 0.5) is 0 Å². The lowest BCUT2D eigenvalue weighted by molar-refractivity contribution is -0.155. The first-order valence-corrected chi connectivity index (χ1v) is 6.00. The summed E-state index contributed by atoms with van der Waals surface area (Å²) in [7, 11) is 0. The summed E-state index contributed by atoms with van der Waals surface area (Å²) in [4.78, 5) is 13.5. The minimum absolute atomic E-state index is 0.114. The number of likely N-dealkylation sites (tertiary alicyclic amines) is 1. The van der Waals surface area contributed by atoms with Gasteiger partial charge in [-0.1, -0.05) is 20.8 Å². The van der Waals surface area contributed by atoms with E-state index in [2.05, 4.69) is 4.90 Å². The summed E-state index contributed by atoms with van der Waals surface area (Å²) in [6.45, 7) is 10.1. The highest BCUT2D eigenvalue weighted by Crippen LogP contribution is 2.29. The molecule has 0 aliphatic carbocycles. The summed E-state index contributed by atoms with van der Waals surface area (Å²) in [6, 6.07) is 0. The zero-order valence-electron chi connectivity index (χ0n) is 10.7. The molecule has 1 N–H and O–H groups in total. The van der Waals surface area contributed by atoms with Gasteiger partial charge < -0.3 is 9.84 Å². The van der Waals surface area contributed by atoms with Crippen LogP contribution in [0.15, 0.2) is 0 Å². The van der Waals surface area contributed by atoms with Crippen molar-refractivity contribution in [3.05, 3.63) is 0 Å². The van der Waals surface area contributed by atoms with Crippen molar-refractivity contribution in [3.8, 4) is 0 Å². The highest BCUT2D eigenvalue weighted by Gasteiger charge is 2.44. The van der Waals surface area contributed by atoms with Crippen molar-refractivity contribution in [3.63, 3.8) is 0 Å². The predicted octanol–water partition coefficient (Wildman–Crippen LogP) is 0.888. The van der Waals surface area contributed by atoms with Crippen molar-refractivity contribution >= 4 is 5.97 Å². The fourth-order valence-electron chi connectivity index (χ4n) is 1.97. The molecule has 0 spiro atoms. The van der Waals surface area contributed by atoms with E-state index in [-0.39, 0.29) is 17.8 Å². The van der Waals surface area contributed by atoms with Crippen molar-refractivity contribution in [2.45, 2.75) is 33.3 Å². The summed E-state index contributed by atoms with van der Waals surface area (Å²) < 4.78 is 4.94. The molecule has 1 aliphatic heterocycles. The summed E-state index contributed by atoms with van der Waals surface area (Å²) in [6.07, 6.45) is 0. The molecule has 1 fully saturated rings. The van der Waals surface area contributed by atoms with Crippen molar-refractivity contribution in [2.24, 2.45) is 11.8 Å².